The average molecular weight is 301 g/mol. The first-order valence-electron chi connectivity index (χ1n) is 8.83. The largest absolute Gasteiger partial charge is 0.0693 e. The van der Waals surface area contributed by atoms with Gasteiger partial charge in [-0.2, -0.15) is 0 Å². The van der Waals surface area contributed by atoms with E-state index in [1.54, 1.807) is 24.2 Å². The second kappa shape index (κ2) is 10.2. The van der Waals surface area contributed by atoms with E-state index in [4.69, 9.17) is 0 Å². The summed E-state index contributed by atoms with van der Waals surface area (Å²) < 4.78 is 0. The summed E-state index contributed by atoms with van der Waals surface area (Å²) in [6, 6.07) is 6.30. The Hall–Kier alpha value is 0.434. The molecule has 0 aromatic carbocycles. The summed E-state index contributed by atoms with van der Waals surface area (Å²) in [6.07, 6.45) is 10.2. The summed E-state index contributed by atoms with van der Waals surface area (Å²) in [5.74, 6) is 0. The lowest BCUT2D eigenvalue weighted by Gasteiger charge is -2.26. The van der Waals surface area contributed by atoms with E-state index in [2.05, 4.69) is 40.0 Å². The molecule has 0 atom stereocenters. The van der Waals surface area contributed by atoms with Gasteiger partial charge in [0.2, 0.25) is 0 Å². The predicted molar refractivity (Wildman–Crippen MR) is 97.9 cm³/mol. The van der Waals surface area contributed by atoms with Gasteiger partial charge in [0.1, 0.15) is 0 Å². The van der Waals surface area contributed by atoms with E-state index in [9.17, 15) is 0 Å². The fourth-order valence-corrected chi connectivity index (χ4v) is 8.54. The maximum Gasteiger partial charge on any atom is 0.0473 e. The maximum absolute atomic E-state index is 2.62. The highest BCUT2D eigenvalue weighted by atomic mass is 28.3. The van der Waals surface area contributed by atoms with Crippen molar-refractivity contribution in [2.45, 2.75) is 109 Å². The Kier molecular flexibility index (Phi) is 10.4. The van der Waals surface area contributed by atoms with Gasteiger partial charge in [0.15, 0.2) is 0 Å². The molecule has 0 aliphatic rings. The van der Waals surface area contributed by atoms with E-state index in [0.717, 1.165) is 0 Å². The van der Waals surface area contributed by atoms with Crippen molar-refractivity contribution in [3.8, 4) is 0 Å². The lowest BCUT2D eigenvalue weighted by atomic mass is 10.3. The van der Waals surface area contributed by atoms with Crippen molar-refractivity contribution in [1.82, 2.24) is 0 Å². The highest BCUT2D eigenvalue weighted by molar-refractivity contribution is 6.78. The van der Waals surface area contributed by atoms with Crippen LogP contribution in [0.3, 0.4) is 0 Å². The van der Waals surface area contributed by atoms with Crippen LogP contribution < -0.4 is 0 Å². The molecule has 0 aliphatic carbocycles. The van der Waals surface area contributed by atoms with Crippen LogP contribution >= 0.6 is 0 Å². The van der Waals surface area contributed by atoms with Crippen molar-refractivity contribution in [3.63, 3.8) is 0 Å². The molecule has 0 aliphatic heterocycles. The zero-order valence-corrected chi connectivity index (χ0v) is 16.8. The van der Waals surface area contributed by atoms with Gasteiger partial charge in [-0.05, 0) is 0 Å². The van der Waals surface area contributed by atoms with Crippen molar-refractivity contribution in [3.05, 3.63) is 0 Å². The highest BCUT2D eigenvalue weighted by Crippen LogP contribution is 2.27. The van der Waals surface area contributed by atoms with Gasteiger partial charge in [0.25, 0.3) is 0 Å². The smallest absolute Gasteiger partial charge is 0.0473 e. The van der Waals surface area contributed by atoms with E-state index in [1.807, 2.05) is 0 Å². The Morgan fingerprint density at radius 1 is 0.474 bits per heavy atom. The molecular formula is C17H40Si2. The molecule has 0 saturated heterocycles. The van der Waals surface area contributed by atoms with Gasteiger partial charge in [-0.25, -0.2) is 0 Å². The lowest BCUT2D eigenvalue weighted by molar-refractivity contribution is 0.755. The van der Waals surface area contributed by atoms with Crippen LogP contribution in [0.4, 0.5) is 0 Å². The minimum atomic E-state index is -0.856. The number of hydrogen-bond donors (Lipinski definition) is 0. The van der Waals surface area contributed by atoms with Crippen molar-refractivity contribution < 1.29 is 0 Å². The minimum absolute atomic E-state index is 0.856. The third-order valence-electron chi connectivity index (χ3n) is 4.62. The van der Waals surface area contributed by atoms with Crippen molar-refractivity contribution in [2.75, 3.05) is 0 Å². The first-order valence-corrected chi connectivity index (χ1v) is 15.7. The molecule has 0 amide bonds. The molecule has 0 bridgehead atoms. The zero-order valence-electron chi connectivity index (χ0n) is 14.8. The molecule has 0 heterocycles. The lowest BCUT2D eigenvalue weighted by Crippen LogP contribution is -2.28. The van der Waals surface area contributed by atoms with Gasteiger partial charge in [-0.3, -0.25) is 0 Å². The Labute approximate surface area is 125 Å². The molecule has 0 saturated carbocycles. The molecule has 0 rings (SSSR count). The molecule has 0 aromatic heterocycles. The van der Waals surface area contributed by atoms with Gasteiger partial charge in [-0.1, -0.05) is 109 Å². The van der Waals surface area contributed by atoms with Gasteiger partial charge < -0.3 is 0 Å². The summed E-state index contributed by atoms with van der Waals surface area (Å²) >= 11 is 0. The first-order chi connectivity index (χ1) is 8.83. The van der Waals surface area contributed by atoms with Gasteiger partial charge in [0.05, 0.1) is 0 Å². The quantitative estimate of drug-likeness (QED) is 0.264. The fraction of sp³-hybridized carbons (Fsp3) is 1.00. The molecule has 0 N–H and O–H groups in total. The van der Waals surface area contributed by atoms with Gasteiger partial charge in [0, 0.05) is 16.1 Å². The topological polar surface area (TPSA) is 0 Å². The van der Waals surface area contributed by atoms with E-state index in [0.29, 0.717) is 0 Å². The molecule has 116 valence electrons. The maximum atomic E-state index is 2.62. The molecule has 0 aromatic rings. The first kappa shape index (κ1) is 19.4. The molecule has 0 spiro atoms. The molecular weight excluding hydrogens is 260 g/mol. The molecule has 0 radical (unpaired) electrons. The second-order valence-corrected chi connectivity index (χ2v) is 18.8. The molecule has 19 heavy (non-hydrogen) atoms. The summed E-state index contributed by atoms with van der Waals surface area (Å²) in [6.45, 7) is 15.1. The number of unbranched alkanes of at least 4 members (excludes halogenated alkanes) is 4. The van der Waals surface area contributed by atoms with E-state index in [-0.39, 0.29) is 0 Å². The van der Waals surface area contributed by atoms with Crippen LogP contribution in [0.15, 0.2) is 0 Å². The van der Waals surface area contributed by atoms with Gasteiger partial charge in [-0.15, -0.1) is 0 Å². The van der Waals surface area contributed by atoms with Gasteiger partial charge >= 0.3 is 0 Å². The fourth-order valence-electron chi connectivity index (χ4n) is 3.00. The normalized spacial score (nSPS) is 12.9. The van der Waals surface area contributed by atoms with Crippen LogP contribution in [-0.4, -0.2) is 16.1 Å². The summed E-state index contributed by atoms with van der Waals surface area (Å²) in [7, 11) is -1.71. The van der Waals surface area contributed by atoms with E-state index < -0.39 is 16.1 Å². The third-order valence-corrected chi connectivity index (χ3v) is 11.4. The van der Waals surface area contributed by atoms with Crippen molar-refractivity contribution in [2.24, 2.45) is 0 Å². The van der Waals surface area contributed by atoms with Crippen LogP contribution in [-0.2, 0) is 0 Å². The van der Waals surface area contributed by atoms with Crippen LogP contribution in [0.25, 0.3) is 0 Å². The molecule has 0 unspecified atom stereocenters. The van der Waals surface area contributed by atoms with Crippen LogP contribution in [0.1, 0.15) is 58.8 Å². The highest BCUT2D eigenvalue weighted by Gasteiger charge is 2.23. The Bertz CT molecular complexity index is 187. The summed E-state index contributed by atoms with van der Waals surface area (Å²) in [5, 5.41) is 0. The third kappa shape index (κ3) is 11.9. The summed E-state index contributed by atoms with van der Waals surface area (Å²) in [4.78, 5) is 0. The zero-order chi connectivity index (χ0) is 14.8. The monoisotopic (exact) mass is 300 g/mol. The van der Waals surface area contributed by atoms with Crippen LogP contribution in [0.2, 0.25) is 50.4 Å². The SMILES string of the molecule is CCCCC[Si](C)(C)CCC[Si](C)(C)CCCCC. The van der Waals surface area contributed by atoms with Crippen LogP contribution in [0, 0.1) is 0 Å². The Morgan fingerprint density at radius 2 is 0.789 bits per heavy atom. The van der Waals surface area contributed by atoms with Crippen molar-refractivity contribution >= 4 is 16.1 Å². The number of hydrogen-bond acceptors (Lipinski definition) is 0. The molecule has 2 heteroatoms. The van der Waals surface area contributed by atoms with E-state index >= 15 is 0 Å². The predicted octanol–water partition coefficient (Wildman–Crippen LogP) is 7.17. The van der Waals surface area contributed by atoms with E-state index in [1.165, 1.54) is 44.9 Å². The second-order valence-electron chi connectivity index (χ2n) is 8.10. The summed E-state index contributed by atoms with van der Waals surface area (Å²) in [5.41, 5.74) is 0. The van der Waals surface area contributed by atoms with Crippen LogP contribution in [0.5, 0.6) is 0 Å². The van der Waals surface area contributed by atoms with Crippen molar-refractivity contribution in [1.29, 1.82) is 0 Å². The minimum Gasteiger partial charge on any atom is -0.0693 e. The molecule has 0 nitrogen and oxygen atoms in total. The average Bonchev–Trinajstić information content (AvgIpc) is 2.28. The molecule has 0 fully saturated rings. The Balaban J connectivity index is 3.79. The standard InChI is InChI=1S/C17H40Si2/c1-7-9-11-14-18(3,4)16-13-17-19(5,6)15-12-10-8-2/h7-17H2,1-6H3. The number of rotatable bonds is 12. The Morgan fingerprint density at radius 3 is 1.11 bits per heavy atom.